The lowest BCUT2D eigenvalue weighted by atomic mass is 9.81. The van der Waals surface area contributed by atoms with Gasteiger partial charge in [0.25, 0.3) is 0 Å². The van der Waals surface area contributed by atoms with E-state index in [0.717, 1.165) is 12.8 Å². The molecule has 160 valence electrons. The van der Waals surface area contributed by atoms with Crippen molar-refractivity contribution >= 4 is 28.3 Å². The van der Waals surface area contributed by atoms with Crippen LogP contribution in [0, 0.1) is 5.92 Å². The third-order valence-electron chi connectivity index (χ3n) is 7.34. The van der Waals surface area contributed by atoms with Crippen LogP contribution in [0.5, 0.6) is 0 Å². The van der Waals surface area contributed by atoms with Crippen molar-refractivity contribution in [2.24, 2.45) is 5.92 Å². The Balaban J connectivity index is 2.00. The molecule has 0 spiro atoms. The molecule has 30 heavy (non-hydrogen) atoms. The number of hydrogen-bond acceptors (Lipinski definition) is 2. The van der Waals surface area contributed by atoms with Gasteiger partial charge in [0, 0.05) is 34.0 Å². The van der Waals surface area contributed by atoms with E-state index in [4.69, 9.17) is 0 Å². The third-order valence-corrected chi connectivity index (χ3v) is 9.45. The Morgan fingerprint density at radius 3 is 2.30 bits per heavy atom. The van der Waals surface area contributed by atoms with Crippen LogP contribution in [0.4, 0.5) is 5.69 Å². The van der Waals surface area contributed by atoms with Gasteiger partial charge in [-0.2, -0.15) is 0 Å². The summed E-state index contributed by atoms with van der Waals surface area (Å²) < 4.78 is 0.125. The molecule has 0 bridgehead atoms. The van der Waals surface area contributed by atoms with Gasteiger partial charge in [-0.3, -0.25) is 0 Å². The molecule has 3 heteroatoms. The fourth-order valence-corrected chi connectivity index (χ4v) is 5.94. The second kappa shape index (κ2) is 7.58. The zero-order valence-corrected chi connectivity index (χ0v) is 21.6. The topological polar surface area (TPSA) is 6.48 Å². The maximum atomic E-state index is 2.72. The van der Waals surface area contributed by atoms with E-state index in [0.29, 0.717) is 12.1 Å². The van der Waals surface area contributed by atoms with Crippen molar-refractivity contribution in [3.63, 3.8) is 0 Å². The SMILES string of the molecule is CCC(I)(CC)c1cc2c(cc1N1C=CN(C)C1C(C)C)C(C)(C)c1ccccc1-2. The highest BCUT2D eigenvalue weighted by atomic mass is 127. The quantitative estimate of drug-likeness (QED) is 0.299. The van der Waals surface area contributed by atoms with Crippen molar-refractivity contribution in [3.8, 4) is 11.1 Å². The number of nitrogens with zero attached hydrogens (tertiary/aromatic N) is 2. The van der Waals surface area contributed by atoms with Crippen molar-refractivity contribution in [2.75, 3.05) is 11.9 Å². The fourth-order valence-electron chi connectivity index (χ4n) is 5.50. The summed E-state index contributed by atoms with van der Waals surface area (Å²) in [6.45, 7) is 14.1. The lowest BCUT2D eigenvalue weighted by molar-refractivity contribution is 0.283. The summed E-state index contributed by atoms with van der Waals surface area (Å²) in [6, 6.07) is 14.0. The molecular weight excluding hydrogens is 479 g/mol. The van der Waals surface area contributed by atoms with Crippen LogP contribution in [0.2, 0.25) is 0 Å². The minimum absolute atomic E-state index is 0.0221. The Bertz CT molecular complexity index is 984. The molecule has 1 heterocycles. The Morgan fingerprint density at radius 1 is 1.00 bits per heavy atom. The molecular formula is C27H35IN2. The van der Waals surface area contributed by atoms with Crippen LogP contribution in [-0.2, 0) is 8.84 Å². The number of fused-ring (bicyclic) bond motifs is 3. The molecule has 1 aliphatic heterocycles. The van der Waals surface area contributed by atoms with Gasteiger partial charge in [-0.1, -0.05) is 88.4 Å². The Labute approximate surface area is 196 Å². The van der Waals surface area contributed by atoms with Gasteiger partial charge in [-0.05, 0) is 58.7 Å². The van der Waals surface area contributed by atoms with Crippen molar-refractivity contribution in [2.45, 2.75) is 69.4 Å². The largest absolute Gasteiger partial charge is 0.359 e. The first kappa shape index (κ1) is 21.7. The Kier molecular flexibility index (Phi) is 5.49. The van der Waals surface area contributed by atoms with Crippen molar-refractivity contribution < 1.29 is 0 Å². The minimum Gasteiger partial charge on any atom is -0.359 e. The second-order valence-corrected chi connectivity index (χ2v) is 11.9. The van der Waals surface area contributed by atoms with E-state index in [9.17, 15) is 0 Å². The molecule has 1 aliphatic carbocycles. The minimum atomic E-state index is 0.0221. The smallest absolute Gasteiger partial charge is 0.107 e. The van der Waals surface area contributed by atoms with Crippen molar-refractivity contribution in [1.29, 1.82) is 0 Å². The van der Waals surface area contributed by atoms with E-state index in [-0.39, 0.29) is 8.84 Å². The van der Waals surface area contributed by atoms with Gasteiger partial charge in [0.1, 0.15) is 6.17 Å². The van der Waals surface area contributed by atoms with E-state index >= 15 is 0 Å². The maximum absolute atomic E-state index is 2.72. The normalized spacial score (nSPS) is 19.6. The van der Waals surface area contributed by atoms with Crippen LogP contribution >= 0.6 is 22.6 Å². The summed E-state index contributed by atoms with van der Waals surface area (Å²) in [5.74, 6) is 0.531. The number of alkyl halides is 1. The lowest BCUT2D eigenvalue weighted by Gasteiger charge is -2.38. The first-order valence-electron chi connectivity index (χ1n) is 11.3. The lowest BCUT2D eigenvalue weighted by Crippen LogP contribution is -2.41. The van der Waals surface area contributed by atoms with Crippen LogP contribution in [0.15, 0.2) is 48.8 Å². The number of benzene rings is 2. The summed E-state index contributed by atoms with van der Waals surface area (Å²) in [4.78, 5) is 4.88. The number of halogens is 1. The predicted octanol–water partition coefficient (Wildman–Crippen LogP) is 7.65. The second-order valence-electron chi connectivity index (χ2n) is 9.79. The molecule has 0 N–H and O–H groups in total. The predicted molar refractivity (Wildman–Crippen MR) is 138 cm³/mol. The van der Waals surface area contributed by atoms with Crippen LogP contribution < -0.4 is 4.90 Å². The first-order valence-corrected chi connectivity index (χ1v) is 12.4. The highest BCUT2D eigenvalue weighted by molar-refractivity contribution is 14.1. The van der Waals surface area contributed by atoms with Gasteiger partial charge in [0.2, 0.25) is 0 Å². The molecule has 4 rings (SSSR count). The molecule has 1 unspecified atom stereocenters. The molecule has 0 fully saturated rings. The zero-order valence-electron chi connectivity index (χ0n) is 19.5. The highest BCUT2D eigenvalue weighted by Crippen LogP contribution is 2.54. The molecule has 1 atom stereocenters. The van der Waals surface area contributed by atoms with E-state index < -0.39 is 0 Å². The van der Waals surface area contributed by atoms with Crippen LogP contribution in [0.1, 0.15) is 71.1 Å². The molecule has 2 aromatic carbocycles. The number of anilines is 1. The molecule has 2 aliphatic rings. The van der Waals surface area contributed by atoms with E-state index in [1.54, 1.807) is 0 Å². The molecule has 0 saturated heterocycles. The van der Waals surface area contributed by atoms with Gasteiger partial charge in [0.05, 0.1) is 0 Å². The van der Waals surface area contributed by atoms with Crippen LogP contribution in [0.3, 0.4) is 0 Å². The highest BCUT2D eigenvalue weighted by Gasteiger charge is 2.40. The van der Waals surface area contributed by atoms with Gasteiger partial charge >= 0.3 is 0 Å². The summed E-state index contributed by atoms with van der Waals surface area (Å²) in [5, 5.41) is 0. The van der Waals surface area contributed by atoms with Crippen molar-refractivity contribution in [3.05, 3.63) is 65.5 Å². The maximum Gasteiger partial charge on any atom is 0.107 e. The summed E-state index contributed by atoms with van der Waals surface area (Å²) >= 11 is 2.72. The van der Waals surface area contributed by atoms with Gasteiger partial charge < -0.3 is 9.80 Å². The Hall–Kier alpha value is -1.49. The fraction of sp³-hybridized carbons (Fsp3) is 0.481. The van der Waals surface area contributed by atoms with Gasteiger partial charge in [0.15, 0.2) is 0 Å². The van der Waals surface area contributed by atoms with Gasteiger partial charge in [-0.25, -0.2) is 0 Å². The summed E-state index contributed by atoms with van der Waals surface area (Å²) in [6.07, 6.45) is 7.12. The van der Waals surface area contributed by atoms with E-state index in [2.05, 4.69) is 130 Å². The first-order chi connectivity index (χ1) is 14.2. The zero-order chi connectivity index (χ0) is 21.8. The third kappa shape index (κ3) is 3.11. The average molecular weight is 514 g/mol. The molecule has 0 aromatic heterocycles. The summed E-state index contributed by atoms with van der Waals surface area (Å²) in [5.41, 5.74) is 8.62. The van der Waals surface area contributed by atoms with Crippen LogP contribution in [0.25, 0.3) is 11.1 Å². The molecule has 0 saturated carbocycles. The monoisotopic (exact) mass is 514 g/mol. The van der Waals surface area contributed by atoms with E-state index in [1.807, 2.05) is 0 Å². The summed E-state index contributed by atoms with van der Waals surface area (Å²) in [7, 11) is 2.20. The molecule has 0 amide bonds. The Morgan fingerprint density at radius 2 is 1.67 bits per heavy atom. The van der Waals surface area contributed by atoms with Crippen molar-refractivity contribution in [1.82, 2.24) is 4.90 Å². The van der Waals surface area contributed by atoms with E-state index in [1.165, 1.54) is 33.5 Å². The standard InChI is InChI=1S/C27H35IN2/c1-8-27(28,9-2)23-16-20-19-12-10-11-13-21(19)26(5,6)22(20)17-24(23)30-15-14-29(7)25(30)18(3)4/h10-18,25H,8-9H2,1-7H3. The molecule has 2 nitrogen and oxygen atoms in total. The average Bonchev–Trinajstić information content (AvgIpc) is 3.22. The molecule has 0 radical (unpaired) electrons. The number of hydrogen-bond donors (Lipinski definition) is 0. The number of rotatable bonds is 5. The van der Waals surface area contributed by atoms with Crippen LogP contribution in [-0.4, -0.2) is 18.1 Å². The molecule has 2 aromatic rings. The van der Waals surface area contributed by atoms with Gasteiger partial charge in [-0.15, -0.1) is 0 Å².